The summed E-state index contributed by atoms with van der Waals surface area (Å²) in [7, 11) is 1.55. The van der Waals surface area contributed by atoms with E-state index in [2.05, 4.69) is 27.4 Å². The molecule has 244 valence electrons. The van der Waals surface area contributed by atoms with Gasteiger partial charge in [0, 0.05) is 30.7 Å². The number of nitrogens with zero attached hydrogens (tertiary/aromatic N) is 2. The first-order valence-electron chi connectivity index (χ1n) is 15.1. The third kappa shape index (κ3) is 5.92. The third-order valence-corrected chi connectivity index (χ3v) is 9.49. The zero-order valence-corrected chi connectivity index (χ0v) is 25.1. The maximum atomic E-state index is 13.4. The molecule has 1 aromatic heterocycles. The second kappa shape index (κ2) is 11.9. The predicted octanol–water partition coefficient (Wildman–Crippen LogP) is 6.76. The number of hydrogen-bond donors (Lipinski definition) is 2. The van der Waals surface area contributed by atoms with E-state index in [1.165, 1.54) is 0 Å². The van der Waals surface area contributed by atoms with Crippen LogP contribution < -0.4 is 26.2 Å². The van der Waals surface area contributed by atoms with E-state index in [0.29, 0.717) is 35.2 Å². The molecule has 4 aromatic rings. The van der Waals surface area contributed by atoms with Gasteiger partial charge in [-0.25, -0.2) is 0 Å². The molecule has 5 atom stereocenters. The molecule has 0 amide bonds. The molecule has 2 N–H and O–H groups in total. The first-order valence-corrected chi connectivity index (χ1v) is 15.1. The van der Waals surface area contributed by atoms with Crippen molar-refractivity contribution in [3.05, 3.63) is 91.4 Å². The second-order valence-corrected chi connectivity index (χ2v) is 12.1. The summed E-state index contributed by atoms with van der Waals surface area (Å²) in [5.41, 5.74) is -3.70. The molecule has 0 spiro atoms. The number of aromatic nitrogens is 1. The van der Waals surface area contributed by atoms with Gasteiger partial charge in [-0.2, -0.15) is 26.3 Å². The Morgan fingerprint density at radius 2 is 1.67 bits per heavy atom. The van der Waals surface area contributed by atoms with Crippen LogP contribution in [0.1, 0.15) is 54.5 Å². The average molecular weight is 647 g/mol. The van der Waals surface area contributed by atoms with Gasteiger partial charge in [-0.15, -0.1) is 0 Å². The number of fused-ring (bicyclic) bond motifs is 4. The van der Waals surface area contributed by atoms with Gasteiger partial charge in [-0.3, -0.25) is 19.5 Å². The predicted molar refractivity (Wildman–Crippen MR) is 162 cm³/mol. The van der Waals surface area contributed by atoms with Crippen LogP contribution in [0.3, 0.4) is 0 Å². The number of alkyl halides is 6. The van der Waals surface area contributed by atoms with Crippen LogP contribution in [-0.2, 0) is 18.9 Å². The molecule has 3 aliphatic rings. The fourth-order valence-corrected chi connectivity index (χ4v) is 7.08. The molecule has 3 aliphatic heterocycles. The SMILES string of the molecule is CCC1CN2CCC1C[C@H]2[C@@H](Nc1c(NCc2cc(C(F)(F)F)cc(C(F)(F)F)c2)c(=O)c1=O)c1ccnc2ccc(OC)cc12. The van der Waals surface area contributed by atoms with Gasteiger partial charge in [0.05, 0.1) is 29.8 Å². The summed E-state index contributed by atoms with van der Waals surface area (Å²) in [4.78, 5) is 32.6. The molecule has 4 heterocycles. The Balaban J connectivity index is 1.36. The summed E-state index contributed by atoms with van der Waals surface area (Å²) in [6.07, 6.45) is -5.43. The lowest BCUT2D eigenvalue weighted by atomic mass is 9.72. The summed E-state index contributed by atoms with van der Waals surface area (Å²) < 4.78 is 86.0. The van der Waals surface area contributed by atoms with Crippen LogP contribution in [0, 0.1) is 11.8 Å². The number of piperidine rings is 3. The fourth-order valence-electron chi connectivity index (χ4n) is 7.08. The summed E-state index contributed by atoms with van der Waals surface area (Å²) in [6.45, 7) is 3.38. The highest BCUT2D eigenvalue weighted by molar-refractivity contribution is 5.85. The highest BCUT2D eigenvalue weighted by Gasteiger charge is 2.44. The fraction of sp³-hybridized carbons (Fsp3) is 0.424. The van der Waals surface area contributed by atoms with E-state index in [1.807, 2.05) is 18.2 Å². The molecule has 2 bridgehead atoms. The van der Waals surface area contributed by atoms with Crippen molar-refractivity contribution in [1.82, 2.24) is 9.88 Å². The normalized spacial score (nSPS) is 22.3. The number of anilines is 2. The van der Waals surface area contributed by atoms with Crippen molar-refractivity contribution in [3.8, 4) is 5.75 Å². The van der Waals surface area contributed by atoms with Crippen LogP contribution in [0.5, 0.6) is 5.75 Å². The Bertz CT molecular complexity index is 1800. The smallest absolute Gasteiger partial charge is 0.416 e. The number of rotatable bonds is 9. The van der Waals surface area contributed by atoms with Crippen LogP contribution >= 0.6 is 0 Å². The van der Waals surface area contributed by atoms with Crippen molar-refractivity contribution in [1.29, 1.82) is 0 Å². The summed E-state index contributed by atoms with van der Waals surface area (Å²) in [5.74, 6) is 1.62. The minimum Gasteiger partial charge on any atom is -0.497 e. The molecule has 3 aromatic carbocycles. The first-order chi connectivity index (χ1) is 21.8. The molecular weight excluding hydrogens is 614 g/mol. The Kier molecular flexibility index (Phi) is 8.24. The van der Waals surface area contributed by atoms with Crippen LogP contribution in [0.4, 0.5) is 37.7 Å². The van der Waals surface area contributed by atoms with Crippen LogP contribution in [0.15, 0.2) is 58.3 Å². The van der Waals surface area contributed by atoms with Gasteiger partial charge in [0.2, 0.25) is 0 Å². The zero-order chi connectivity index (χ0) is 33.0. The number of pyridine rings is 1. The van der Waals surface area contributed by atoms with E-state index in [1.54, 1.807) is 19.4 Å². The lowest BCUT2D eigenvalue weighted by Crippen LogP contribution is -2.56. The van der Waals surface area contributed by atoms with E-state index in [0.717, 1.165) is 43.3 Å². The maximum absolute atomic E-state index is 13.4. The van der Waals surface area contributed by atoms with E-state index in [4.69, 9.17) is 4.74 Å². The number of benzene rings is 2. The van der Waals surface area contributed by atoms with Gasteiger partial charge in [-0.1, -0.05) is 13.3 Å². The highest BCUT2D eigenvalue weighted by Crippen LogP contribution is 2.44. The zero-order valence-electron chi connectivity index (χ0n) is 25.1. The molecule has 0 radical (unpaired) electrons. The minimum atomic E-state index is -5.01. The van der Waals surface area contributed by atoms with Crippen molar-refractivity contribution in [3.63, 3.8) is 0 Å². The third-order valence-electron chi connectivity index (χ3n) is 9.49. The molecule has 13 heteroatoms. The summed E-state index contributed by atoms with van der Waals surface area (Å²) in [5, 5.41) is 6.74. The van der Waals surface area contributed by atoms with E-state index < -0.39 is 46.9 Å². The maximum Gasteiger partial charge on any atom is 0.416 e. The molecule has 7 nitrogen and oxygen atoms in total. The number of hydrogen-bond acceptors (Lipinski definition) is 7. The Morgan fingerprint density at radius 1 is 0.978 bits per heavy atom. The van der Waals surface area contributed by atoms with E-state index in [9.17, 15) is 35.9 Å². The van der Waals surface area contributed by atoms with Gasteiger partial charge in [-0.05, 0) is 84.8 Å². The first kappa shape index (κ1) is 31.8. The standard InChI is InChI=1S/C33H32F6N4O3/c1-3-18-16-43-9-7-19(18)12-26(43)27(23-6-8-40-25-5-4-22(46-2)14-24(23)25)42-29-28(30(44)31(29)45)41-15-17-10-20(32(34,35)36)13-21(11-17)33(37,38)39/h4-6,8,10-11,13-14,18-19,26-27,41-42H,3,7,9,12,15-16H2,1-2H3/t18?,19?,26-,27-/m0/s1. The summed E-state index contributed by atoms with van der Waals surface area (Å²) in [6, 6.07) is 7.99. The van der Waals surface area contributed by atoms with Crippen molar-refractivity contribution in [2.24, 2.45) is 11.8 Å². The van der Waals surface area contributed by atoms with Gasteiger partial charge < -0.3 is 15.4 Å². The quantitative estimate of drug-likeness (QED) is 0.154. The molecule has 7 rings (SSSR count). The Morgan fingerprint density at radius 3 is 2.28 bits per heavy atom. The van der Waals surface area contributed by atoms with E-state index in [-0.39, 0.29) is 29.0 Å². The number of halogens is 6. The largest absolute Gasteiger partial charge is 0.497 e. The highest BCUT2D eigenvalue weighted by atomic mass is 19.4. The topological polar surface area (TPSA) is 83.6 Å². The lowest BCUT2D eigenvalue weighted by molar-refractivity contribution is -0.143. The van der Waals surface area contributed by atoms with Crippen LogP contribution in [0.25, 0.3) is 10.9 Å². The van der Waals surface area contributed by atoms with Crippen LogP contribution in [0.2, 0.25) is 0 Å². The minimum absolute atomic E-state index is 0.0444. The Labute approximate surface area is 260 Å². The van der Waals surface area contributed by atoms with Gasteiger partial charge >= 0.3 is 12.4 Å². The monoisotopic (exact) mass is 646 g/mol. The summed E-state index contributed by atoms with van der Waals surface area (Å²) >= 11 is 0. The molecule has 0 aliphatic carbocycles. The van der Waals surface area contributed by atoms with Crippen molar-refractivity contribution in [2.45, 2.75) is 57.2 Å². The molecule has 3 fully saturated rings. The van der Waals surface area contributed by atoms with Gasteiger partial charge in [0.1, 0.15) is 17.1 Å². The molecule has 0 saturated carbocycles. The molecule has 3 saturated heterocycles. The number of methoxy groups -OCH3 is 1. The average Bonchev–Trinajstić information content (AvgIpc) is 3.04. The van der Waals surface area contributed by atoms with Crippen molar-refractivity contribution >= 4 is 22.3 Å². The number of ether oxygens (including phenoxy) is 1. The lowest BCUT2D eigenvalue weighted by Gasteiger charge is -2.52. The van der Waals surface area contributed by atoms with Crippen LogP contribution in [-0.4, -0.2) is 36.1 Å². The molecule has 3 unspecified atom stereocenters. The van der Waals surface area contributed by atoms with Crippen molar-refractivity contribution < 1.29 is 31.1 Å². The van der Waals surface area contributed by atoms with Gasteiger partial charge in [0.25, 0.3) is 10.9 Å². The molecular formula is C33H32F6N4O3. The Hall–Kier alpha value is -4.13. The van der Waals surface area contributed by atoms with Crippen molar-refractivity contribution in [2.75, 3.05) is 30.8 Å². The second-order valence-electron chi connectivity index (χ2n) is 12.1. The number of nitrogens with one attached hydrogen (secondary N) is 2. The molecule has 46 heavy (non-hydrogen) atoms. The van der Waals surface area contributed by atoms with Gasteiger partial charge in [0.15, 0.2) is 0 Å². The van der Waals surface area contributed by atoms with E-state index >= 15 is 0 Å².